The summed E-state index contributed by atoms with van der Waals surface area (Å²) in [5.74, 6) is 1.63. The maximum Gasteiger partial charge on any atom is 0.198 e. The van der Waals surface area contributed by atoms with Crippen LogP contribution in [-0.4, -0.2) is 16.4 Å². The van der Waals surface area contributed by atoms with Crippen LogP contribution in [0.4, 0.5) is 0 Å². The zero-order valence-corrected chi connectivity index (χ0v) is 19.2. The maximum atomic E-state index is 6.85. The first-order valence-corrected chi connectivity index (χ1v) is 12.5. The average Bonchev–Trinajstić information content (AvgIpc) is 3.36. The number of nitrogens with zero attached hydrogens (tertiary/aromatic N) is 2. The van der Waals surface area contributed by atoms with E-state index in [1.54, 1.807) is 0 Å². The third-order valence-electron chi connectivity index (χ3n) is 8.04. The molecular weight excluding hydrogens is 416 g/mol. The lowest BCUT2D eigenvalue weighted by Gasteiger charge is -2.50. The smallest absolute Gasteiger partial charge is 0.198 e. The fraction of sp³-hybridized carbons (Fsp3) is 0.258. The molecule has 34 heavy (non-hydrogen) atoms. The molecule has 0 N–H and O–H groups in total. The Morgan fingerprint density at radius 1 is 0.765 bits per heavy atom. The van der Waals surface area contributed by atoms with E-state index < -0.39 is 0 Å². The van der Waals surface area contributed by atoms with Gasteiger partial charge in [0.2, 0.25) is 0 Å². The Bertz CT molecular complexity index is 1380. The SMILES string of the molecule is c1ccc(C2CCC3(CC2)Oc2ccccc2[C@H]2CC(c4cccc5ccccc45)=NN23)cc1. The number of para-hydroxylation sites is 1. The second-order valence-electron chi connectivity index (χ2n) is 9.91. The van der Waals surface area contributed by atoms with Crippen LogP contribution in [0.15, 0.2) is 102 Å². The average molecular weight is 445 g/mol. The van der Waals surface area contributed by atoms with Crippen molar-refractivity contribution in [3.63, 3.8) is 0 Å². The Morgan fingerprint density at radius 2 is 1.50 bits per heavy atom. The van der Waals surface area contributed by atoms with Crippen molar-refractivity contribution in [1.82, 2.24) is 5.01 Å². The molecule has 168 valence electrons. The van der Waals surface area contributed by atoms with Crippen molar-refractivity contribution < 1.29 is 4.74 Å². The van der Waals surface area contributed by atoms with Crippen LogP contribution in [0.1, 0.15) is 60.8 Å². The normalized spacial score (nSPS) is 25.5. The number of rotatable bonds is 2. The molecular formula is C31H28N2O. The molecule has 4 aromatic rings. The van der Waals surface area contributed by atoms with Crippen molar-refractivity contribution in [3.8, 4) is 5.75 Å². The minimum absolute atomic E-state index is 0.229. The van der Waals surface area contributed by atoms with E-state index in [9.17, 15) is 0 Å². The van der Waals surface area contributed by atoms with Crippen LogP contribution in [0, 0.1) is 0 Å². The first-order valence-electron chi connectivity index (χ1n) is 12.5. The Balaban J connectivity index is 1.28. The standard InChI is InChI=1S/C31H28N2O/c1-2-9-22(10-3-1)23-17-19-31(20-18-23)33-29(27-14-6-7-16-30(27)34-31)21-28(32-33)26-15-8-12-24-11-4-5-13-25(24)26/h1-16,23,29H,17-21H2/t23?,29-,31?/m1/s1. The summed E-state index contributed by atoms with van der Waals surface area (Å²) >= 11 is 0. The molecule has 0 bridgehead atoms. The van der Waals surface area contributed by atoms with Crippen molar-refractivity contribution >= 4 is 16.5 Å². The van der Waals surface area contributed by atoms with Crippen molar-refractivity contribution in [2.75, 3.05) is 0 Å². The van der Waals surface area contributed by atoms with Crippen LogP contribution < -0.4 is 4.74 Å². The van der Waals surface area contributed by atoms with Crippen molar-refractivity contribution in [2.24, 2.45) is 5.10 Å². The first-order chi connectivity index (χ1) is 16.8. The van der Waals surface area contributed by atoms with Gasteiger partial charge in [-0.15, -0.1) is 0 Å². The van der Waals surface area contributed by atoms with Crippen LogP contribution in [0.25, 0.3) is 10.8 Å². The summed E-state index contributed by atoms with van der Waals surface area (Å²) in [6.07, 6.45) is 5.13. The van der Waals surface area contributed by atoms with E-state index >= 15 is 0 Å². The van der Waals surface area contributed by atoms with Gasteiger partial charge in [0.25, 0.3) is 0 Å². The molecule has 3 nitrogen and oxygen atoms in total. The Morgan fingerprint density at radius 3 is 2.38 bits per heavy atom. The molecule has 4 aromatic carbocycles. The van der Waals surface area contributed by atoms with Gasteiger partial charge in [-0.25, -0.2) is 5.01 Å². The van der Waals surface area contributed by atoms with Gasteiger partial charge in [-0.05, 0) is 41.2 Å². The van der Waals surface area contributed by atoms with Crippen molar-refractivity contribution in [3.05, 3.63) is 114 Å². The van der Waals surface area contributed by atoms with E-state index in [4.69, 9.17) is 9.84 Å². The number of hydrazone groups is 1. The van der Waals surface area contributed by atoms with Gasteiger partial charge in [0.15, 0.2) is 5.72 Å². The van der Waals surface area contributed by atoms with Gasteiger partial charge in [0, 0.05) is 30.4 Å². The molecule has 2 aliphatic heterocycles. The molecule has 1 aliphatic carbocycles. The molecule has 2 heterocycles. The zero-order chi connectivity index (χ0) is 22.5. The van der Waals surface area contributed by atoms with E-state index in [-0.39, 0.29) is 11.8 Å². The third-order valence-corrected chi connectivity index (χ3v) is 8.04. The molecule has 0 aromatic heterocycles. The van der Waals surface area contributed by atoms with E-state index in [0.29, 0.717) is 5.92 Å². The molecule has 0 radical (unpaired) electrons. The highest BCUT2D eigenvalue weighted by Crippen LogP contribution is 2.53. The first kappa shape index (κ1) is 19.8. The zero-order valence-electron chi connectivity index (χ0n) is 19.2. The highest BCUT2D eigenvalue weighted by atomic mass is 16.5. The maximum absolute atomic E-state index is 6.85. The topological polar surface area (TPSA) is 24.8 Å². The molecule has 3 heteroatoms. The van der Waals surface area contributed by atoms with Gasteiger partial charge in [0.1, 0.15) is 5.75 Å². The summed E-state index contributed by atoms with van der Waals surface area (Å²) in [7, 11) is 0. The molecule has 3 aliphatic rings. The summed E-state index contributed by atoms with van der Waals surface area (Å²) < 4.78 is 6.85. The summed E-state index contributed by atoms with van der Waals surface area (Å²) in [4.78, 5) is 0. The lowest BCUT2D eigenvalue weighted by Crippen LogP contribution is -2.55. The number of ether oxygens (including phenoxy) is 1. The van der Waals surface area contributed by atoms with E-state index in [2.05, 4.69) is 102 Å². The molecule has 1 spiro atoms. The molecule has 0 unspecified atom stereocenters. The quantitative estimate of drug-likeness (QED) is 0.321. The van der Waals surface area contributed by atoms with Crippen molar-refractivity contribution in [2.45, 2.75) is 49.8 Å². The second kappa shape index (κ2) is 7.73. The lowest BCUT2D eigenvalue weighted by molar-refractivity contribution is -0.142. The van der Waals surface area contributed by atoms with Gasteiger partial charge < -0.3 is 4.74 Å². The Hall–Kier alpha value is -3.59. The Labute approximate surface area is 200 Å². The number of hydrogen-bond acceptors (Lipinski definition) is 3. The molecule has 1 saturated carbocycles. The molecule has 0 amide bonds. The number of fused-ring (bicyclic) bond motifs is 5. The number of benzene rings is 4. The van der Waals surface area contributed by atoms with Crippen molar-refractivity contribution in [1.29, 1.82) is 0 Å². The molecule has 7 rings (SSSR count). The van der Waals surface area contributed by atoms with Crippen LogP contribution in [0.2, 0.25) is 0 Å². The minimum Gasteiger partial charge on any atom is -0.466 e. The van der Waals surface area contributed by atoms with E-state index in [1.807, 2.05) is 0 Å². The van der Waals surface area contributed by atoms with Gasteiger partial charge in [-0.3, -0.25) is 0 Å². The monoisotopic (exact) mass is 444 g/mol. The summed E-state index contributed by atoms with van der Waals surface area (Å²) in [6.45, 7) is 0. The summed E-state index contributed by atoms with van der Waals surface area (Å²) in [6, 6.07) is 35.0. The fourth-order valence-electron chi connectivity index (χ4n) is 6.33. The van der Waals surface area contributed by atoms with Crippen LogP contribution in [0.5, 0.6) is 5.75 Å². The van der Waals surface area contributed by atoms with Gasteiger partial charge in [-0.1, -0.05) is 91.0 Å². The lowest BCUT2D eigenvalue weighted by atomic mass is 9.78. The predicted molar refractivity (Wildman–Crippen MR) is 137 cm³/mol. The van der Waals surface area contributed by atoms with E-state index in [0.717, 1.165) is 37.9 Å². The molecule has 1 fully saturated rings. The van der Waals surface area contributed by atoms with E-state index in [1.165, 1.54) is 33.2 Å². The second-order valence-corrected chi connectivity index (χ2v) is 9.91. The molecule has 1 atom stereocenters. The minimum atomic E-state index is -0.364. The summed E-state index contributed by atoms with van der Waals surface area (Å²) in [5.41, 5.74) is 4.77. The molecule has 0 saturated heterocycles. The third kappa shape index (κ3) is 3.07. The highest BCUT2D eigenvalue weighted by molar-refractivity contribution is 6.11. The Kier molecular flexibility index (Phi) is 4.51. The van der Waals surface area contributed by atoms with Crippen LogP contribution >= 0.6 is 0 Å². The predicted octanol–water partition coefficient (Wildman–Crippen LogP) is 7.44. The van der Waals surface area contributed by atoms with Crippen LogP contribution in [0.3, 0.4) is 0 Å². The number of hydrogen-bond donors (Lipinski definition) is 0. The van der Waals surface area contributed by atoms with Gasteiger partial charge in [0.05, 0.1) is 11.8 Å². The van der Waals surface area contributed by atoms with Gasteiger partial charge in [-0.2, -0.15) is 5.10 Å². The van der Waals surface area contributed by atoms with Crippen LogP contribution in [-0.2, 0) is 0 Å². The van der Waals surface area contributed by atoms with Gasteiger partial charge >= 0.3 is 0 Å². The summed E-state index contributed by atoms with van der Waals surface area (Å²) in [5, 5.41) is 10.2. The fourth-order valence-corrected chi connectivity index (χ4v) is 6.33. The highest BCUT2D eigenvalue weighted by Gasteiger charge is 2.52. The largest absolute Gasteiger partial charge is 0.466 e.